The molecule has 6 nitrogen and oxygen atoms in total. The number of hydrogen-bond acceptors (Lipinski definition) is 5. The monoisotopic (exact) mass is 232 g/mol. The Morgan fingerprint density at radius 1 is 1.24 bits per heavy atom. The molecule has 1 aliphatic rings. The molecule has 2 unspecified atom stereocenters. The molecule has 17 heavy (non-hydrogen) atoms. The molecule has 2 aromatic heterocycles. The van der Waals surface area contributed by atoms with Crippen LogP contribution in [0.1, 0.15) is 26.7 Å². The van der Waals surface area contributed by atoms with Gasteiger partial charge in [-0.3, -0.25) is 0 Å². The summed E-state index contributed by atoms with van der Waals surface area (Å²) in [6, 6.07) is 4.45. The van der Waals surface area contributed by atoms with Gasteiger partial charge in [-0.15, -0.1) is 14.8 Å². The van der Waals surface area contributed by atoms with Crippen LogP contribution in [0.2, 0.25) is 0 Å². The Balaban J connectivity index is 1.95. The molecule has 0 saturated carbocycles. The number of fused-ring (bicyclic) bond motifs is 1. The standard InChI is InChI=1S/C11H16N6/c1-8-3-4-9(2)16(7-8)11-6-5-10-12-14-15-17(10)13-11/h5-6,8-9H,3-4,7H2,1-2H3. The number of piperidine rings is 1. The fourth-order valence-corrected chi connectivity index (χ4v) is 2.40. The maximum Gasteiger partial charge on any atom is 0.200 e. The Bertz CT molecular complexity index is 521. The van der Waals surface area contributed by atoms with E-state index in [2.05, 4.69) is 39.4 Å². The van der Waals surface area contributed by atoms with Crippen LogP contribution in [0.4, 0.5) is 5.82 Å². The minimum absolute atomic E-state index is 0.535. The fraction of sp³-hybridized carbons (Fsp3) is 0.636. The van der Waals surface area contributed by atoms with Crippen molar-refractivity contribution in [1.29, 1.82) is 0 Å². The van der Waals surface area contributed by atoms with Gasteiger partial charge in [0.05, 0.1) is 0 Å². The van der Waals surface area contributed by atoms with E-state index in [0.29, 0.717) is 11.7 Å². The Hall–Kier alpha value is -1.72. The number of aromatic nitrogens is 5. The van der Waals surface area contributed by atoms with E-state index in [4.69, 9.17) is 0 Å². The van der Waals surface area contributed by atoms with Crippen molar-refractivity contribution in [3.63, 3.8) is 0 Å². The zero-order valence-corrected chi connectivity index (χ0v) is 10.1. The zero-order valence-electron chi connectivity index (χ0n) is 10.1. The van der Waals surface area contributed by atoms with Crippen LogP contribution in [0.15, 0.2) is 12.1 Å². The van der Waals surface area contributed by atoms with Crippen LogP contribution in [0.25, 0.3) is 5.65 Å². The largest absolute Gasteiger partial charge is 0.352 e. The number of hydrogen-bond donors (Lipinski definition) is 0. The number of rotatable bonds is 1. The van der Waals surface area contributed by atoms with Crippen LogP contribution in [-0.4, -0.2) is 37.8 Å². The maximum atomic E-state index is 4.45. The third kappa shape index (κ3) is 1.83. The van der Waals surface area contributed by atoms with Crippen molar-refractivity contribution in [2.75, 3.05) is 11.4 Å². The summed E-state index contributed by atoms with van der Waals surface area (Å²) in [5.74, 6) is 1.68. The summed E-state index contributed by atoms with van der Waals surface area (Å²) >= 11 is 0. The normalized spacial score (nSPS) is 25.4. The molecule has 3 heterocycles. The third-order valence-electron chi connectivity index (χ3n) is 3.47. The number of anilines is 1. The van der Waals surface area contributed by atoms with Gasteiger partial charge in [0.2, 0.25) is 0 Å². The topological polar surface area (TPSA) is 59.2 Å². The molecule has 0 aliphatic carbocycles. The van der Waals surface area contributed by atoms with Crippen LogP contribution in [0.5, 0.6) is 0 Å². The van der Waals surface area contributed by atoms with Gasteiger partial charge in [0.15, 0.2) is 11.5 Å². The van der Waals surface area contributed by atoms with Gasteiger partial charge >= 0.3 is 0 Å². The van der Waals surface area contributed by atoms with Crippen molar-refractivity contribution in [3.8, 4) is 0 Å². The summed E-state index contributed by atoms with van der Waals surface area (Å²) in [6.45, 7) is 5.59. The van der Waals surface area contributed by atoms with E-state index in [0.717, 1.165) is 18.3 Å². The highest BCUT2D eigenvalue weighted by Crippen LogP contribution is 2.25. The minimum atomic E-state index is 0.535. The summed E-state index contributed by atoms with van der Waals surface area (Å²) in [5.41, 5.74) is 0.687. The van der Waals surface area contributed by atoms with Gasteiger partial charge in [-0.2, -0.15) is 0 Å². The molecular weight excluding hydrogens is 216 g/mol. The van der Waals surface area contributed by atoms with Crippen molar-refractivity contribution >= 4 is 11.5 Å². The lowest BCUT2D eigenvalue weighted by atomic mass is 9.95. The molecule has 3 rings (SSSR count). The van der Waals surface area contributed by atoms with Crippen molar-refractivity contribution < 1.29 is 0 Å². The van der Waals surface area contributed by atoms with E-state index >= 15 is 0 Å². The van der Waals surface area contributed by atoms with Crippen molar-refractivity contribution in [2.45, 2.75) is 32.7 Å². The van der Waals surface area contributed by atoms with Crippen LogP contribution in [0.3, 0.4) is 0 Å². The molecule has 0 aromatic carbocycles. The Morgan fingerprint density at radius 2 is 2.12 bits per heavy atom. The molecule has 1 aliphatic heterocycles. The van der Waals surface area contributed by atoms with Gasteiger partial charge in [0, 0.05) is 12.6 Å². The third-order valence-corrected chi connectivity index (χ3v) is 3.47. The Morgan fingerprint density at radius 3 is 3.00 bits per heavy atom. The van der Waals surface area contributed by atoms with Crippen LogP contribution in [0, 0.1) is 5.92 Å². The van der Waals surface area contributed by atoms with Crippen molar-refractivity contribution in [3.05, 3.63) is 12.1 Å². The number of nitrogens with zero attached hydrogens (tertiary/aromatic N) is 6. The smallest absolute Gasteiger partial charge is 0.200 e. The van der Waals surface area contributed by atoms with E-state index in [1.807, 2.05) is 12.1 Å². The summed E-state index contributed by atoms with van der Waals surface area (Å²) in [6.07, 6.45) is 2.52. The maximum absolute atomic E-state index is 4.45. The van der Waals surface area contributed by atoms with Crippen LogP contribution in [-0.2, 0) is 0 Å². The van der Waals surface area contributed by atoms with E-state index in [1.165, 1.54) is 17.5 Å². The van der Waals surface area contributed by atoms with E-state index < -0.39 is 0 Å². The van der Waals surface area contributed by atoms with Crippen molar-refractivity contribution in [2.24, 2.45) is 5.92 Å². The SMILES string of the molecule is CC1CCC(C)N(c2ccc3nnnn3n2)C1. The lowest BCUT2D eigenvalue weighted by Gasteiger charge is -2.37. The van der Waals surface area contributed by atoms with Crippen molar-refractivity contribution in [1.82, 2.24) is 25.3 Å². The second kappa shape index (κ2) is 3.94. The first-order chi connectivity index (χ1) is 8.24. The second-order valence-electron chi connectivity index (χ2n) is 4.90. The zero-order chi connectivity index (χ0) is 11.8. The molecular formula is C11H16N6. The molecule has 6 heteroatoms. The van der Waals surface area contributed by atoms with Crippen LogP contribution >= 0.6 is 0 Å². The molecule has 1 saturated heterocycles. The lowest BCUT2D eigenvalue weighted by molar-refractivity contribution is 0.386. The minimum Gasteiger partial charge on any atom is -0.352 e. The first-order valence-corrected chi connectivity index (χ1v) is 6.06. The van der Waals surface area contributed by atoms with E-state index in [1.54, 1.807) is 0 Å². The molecule has 0 spiro atoms. The van der Waals surface area contributed by atoms with Gasteiger partial charge in [-0.25, -0.2) is 0 Å². The lowest BCUT2D eigenvalue weighted by Crippen LogP contribution is -2.41. The summed E-state index contributed by atoms with van der Waals surface area (Å²) in [4.78, 5) is 2.34. The molecule has 0 radical (unpaired) electrons. The van der Waals surface area contributed by atoms with Gasteiger partial charge in [0.25, 0.3) is 0 Å². The van der Waals surface area contributed by atoms with E-state index in [9.17, 15) is 0 Å². The molecule has 90 valence electrons. The quantitative estimate of drug-likeness (QED) is 0.738. The average Bonchev–Trinajstić information content (AvgIpc) is 2.79. The highest BCUT2D eigenvalue weighted by atomic mass is 15.6. The average molecular weight is 232 g/mol. The highest BCUT2D eigenvalue weighted by molar-refractivity contribution is 5.45. The summed E-state index contributed by atoms with van der Waals surface area (Å²) < 4.78 is 1.49. The number of tetrazole rings is 1. The molecule has 2 atom stereocenters. The molecule has 0 N–H and O–H groups in total. The fourth-order valence-electron chi connectivity index (χ4n) is 2.40. The van der Waals surface area contributed by atoms with Gasteiger partial charge < -0.3 is 4.90 Å². The molecule has 2 aromatic rings. The van der Waals surface area contributed by atoms with Gasteiger partial charge in [-0.05, 0) is 48.2 Å². The van der Waals surface area contributed by atoms with Gasteiger partial charge in [0.1, 0.15) is 0 Å². The molecule has 0 bridgehead atoms. The van der Waals surface area contributed by atoms with Crippen LogP contribution < -0.4 is 4.90 Å². The summed E-state index contributed by atoms with van der Waals surface area (Å²) in [7, 11) is 0. The predicted octanol–water partition coefficient (Wildman–Crippen LogP) is 1.14. The first kappa shape index (κ1) is 10.4. The second-order valence-corrected chi connectivity index (χ2v) is 4.90. The Kier molecular flexibility index (Phi) is 2.42. The first-order valence-electron chi connectivity index (χ1n) is 6.06. The molecule has 0 amide bonds. The molecule has 1 fully saturated rings. The summed E-state index contributed by atoms with van der Waals surface area (Å²) in [5, 5.41) is 15.7. The predicted molar refractivity (Wildman–Crippen MR) is 63.8 cm³/mol. The Labute approximate surface area is 99.6 Å². The van der Waals surface area contributed by atoms with Gasteiger partial charge in [-0.1, -0.05) is 6.92 Å². The highest BCUT2D eigenvalue weighted by Gasteiger charge is 2.24. The van der Waals surface area contributed by atoms with E-state index in [-0.39, 0.29) is 0 Å².